The minimum Gasteiger partial charge on any atom is -0.309 e. The van der Waals surface area contributed by atoms with Gasteiger partial charge in [0.05, 0.1) is 33.1 Å². The van der Waals surface area contributed by atoms with Crippen molar-refractivity contribution in [2.75, 3.05) is 0 Å². The van der Waals surface area contributed by atoms with Gasteiger partial charge in [0.1, 0.15) is 0 Å². The molecule has 300 valence electrons. The summed E-state index contributed by atoms with van der Waals surface area (Å²) >= 11 is 0. The monoisotopic (exact) mass is 831 g/mol. The molecule has 0 unspecified atom stereocenters. The van der Waals surface area contributed by atoms with E-state index in [-0.39, 0.29) is 0 Å². The quantitative estimate of drug-likeness (QED) is 0.107. The maximum atomic E-state index is 2.48. The van der Waals surface area contributed by atoms with Crippen molar-refractivity contribution >= 4 is 83.5 Å². The summed E-state index contributed by atoms with van der Waals surface area (Å²) in [6, 6.07) is 92.1. The molecule has 0 atom stereocenters. The SMILES string of the molecule is c1ccc(-c2cccc(-n3c4cccc5c4c4c3cccc4n5-c3ccc4c(c3)c3ccccc3n4-c3cccc([Si](c4ccccc4)(c4ccccc4)c4ccccc4)c3)c2)cc1. The van der Waals surface area contributed by atoms with Crippen LogP contribution in [0.15, 0.2) is 249 Å². The number of nitrogens with zero attached hydrogens (tertiary/aromatic N) is 3. The van der Waals surface area contributed by atoms with Gasteiger partial charge in [0.15, 0.2) is 8.07 Å². The van der Waals surface area contributed by atoms with Crippen molar-refractivity contribution in [1.29, 1.82) is 0 Å². The highest BCUT2D eigenvalue weighted by molar-refractivity contribution is 7.19. The lowest BCUT2D eigenvalue weighted by molar-refractivity contribution is 1.15. The van der Waals surface area contributed by atoms with E-state index in [0.717, 1.165) is 11.4 Å². The maximum Gasteiger partial charge on any atom is 0.179 e. The summed E-state index contributed by atoms with van der Waals surface area (Å²) in [5, 5.41) is 10.5. The number of hydrogen-bond donors (Lipinski definition) is 0. The summed E-state index contributed by atoms with van der Waals surface area (Å²) in [5.41, 5.74) is 13.1. The predicted molar refractivity (Wildman–Crippen MR) is 272 cm³/mol. The topological polar surface area (TPSA) is 14.8 Å². The zero-order chi connectivity index (χ0) is 42.2. The van der Waals surface area contributed by atoms with Crippen LogP contribution in [0.2, 0.25) is 0 Å². The molecule has 0 aliphatic carbocycles. The van der Waals surface area contributed by atoms with Gasteiger partial charge in [-0.05, 0) is 105 Å². The molecule has 13 aromatic rings. The summed E-state index contributed by atoms with van der Waals surface area (Å²) in [6.07, 6.45) is 0. The second kappa shape index (κ2) is 14.5. The van der Waals surface area contributed by atoms with Gasteiger partial charge in [0.25, 0.3) is 0 Å². The molecule has 3 heterocycles. The first-order chi connectivity index (χ1) is 31.8. The third-order valence-electron chi connectivity index (χ3n) is 13.5. The summed E-state index contributed by atoms with van der Waals surface area (Å²) in [6.45, 7) is 0. The van der Waals surface area contributed by atoms with E-state index < -0.39 is 8.07 Å². The molecule has 0 fully saturated rings. The molecular formula is C60H41N3Si. The molecule has 0 aliphatic heterocycles. The van der Waals surface area contributed by atoms with E-state index in [1.165, 1.54) is 92.2 Å². The molecule has 0 amide bonds. The minimum absolute atomic E-state index is 1.15. The van der Waals surface area contributed by atoms with Gasteiger partial charge in [-0.2, -0.15) is 0 Å². The number of hydrogen-bond acceptors (Lipinski definition) is 0. The molecular weight excluding hydrogens is 791 g/mol. The first-order valence-electron chi connectivity index (χ1n) is 22.1. The third kappa shape index (κ3) is 5.33. The number of para-hydroxylation sites is 1. The number of rotatable bonds is 8. The van der Waals surface area contributed by atoms with E-state index in [0.29, 0.717) is 0 Å². The molecule has 0 saturated carbocycles. The van der Waals surface area contributed by atoms with Crippen LogP contribution in [0.25, 0.3) is 82.8 Å². The van der Waals surface area contributed by atoms with Crippen molar-refractivity contribution in [2.24, 2.45) is 0 Å². The van der Waals surface area contributed by atoms with Crippen molar-refractivity contribution in [3.63, 3.8) is 0 Å². The standard InChI is InChI=1S/C60H41N3Si/c1-5-19-42(20-6-1)43-21-15-22-44(39-43)62-55-33-17-35-57-59(55)60-56(62)34-18-36-58(60)63(57)46-37-38-54-52(41-46)51-31-13-14-32-53(51)61(54)45-23-16-30-50(40-45)64(47-24-7-2-8-25-47,48-26-9-3-10-27-48)49-28-11-4-12-29-49/h1-41H. The Morgan fingerprint density at radius 1 is 0.234 bits per heavy atom. The van der Waals surface area contributed by atoms with E-state index in [1.54, 1.807) is 0 Å². The van der Waals surface area contributed by atoms with Crippen LogP contribution >= 0.6 is 0 Å². The summed E-state index contributed by atoms with van der Waals surface area (Å²) in [5.74, 6) is 0. The second-order valence-electron chi connectivity index (χ2n) is 16.9. The normalized spacial score (nSPS) is 12.1. The fraction of sp³-hybridized carbons (Fsp3) is 0. The van der Waals surface area contributed by atoms with Crippen molar-refractivity contribution in [1.82, 2.24) is 13.7 Å². The van der Waals surface area contributed by atoms with Gasteiger partial charge in [-0.15, -0.1) is 0 Å². The summed E-state index contributed by atoms with van der Waals surface area (Å²) in [7, 11) is -2.74. The minimum atomic E-state index is -2.74. The van der Waals surface area contributed by atoms with Crippen LogP contribution in [0.3, 0.4) is 0 Å². The molecule has 0 bridgehead atoms. The lowest BCUT2D eigenvalue weighted by Gasteiger charge is -2.34. The van der Waals surface area contributed by atoms with E-state index in [9.17, 15) is 0 Å². The molecule has 3 nitrogen and oxygen atoms in total. The summed E-state index contributed by atoms with van der Waals surface area (Å²) in [4.78, 5) is 0. The smallest absolute Gasteiger partial charge is 0.179 e. The third-order valence-corrected chi connectivity index (χ3v) is 18.3. The van der Waals surface area contributed by atoms with Gasteiger partial charge >= 0.3 is 0 Å². The molecule has 0 aliphatic rings. The van der Waals surface area contributed by atoms with Crippen molar-refractivity contribution in [3.05, 3.63) is 249 Å². The van der Waals surface area contributed by atoms with Crippen LogP contribution < -0.4 is 20.7 Å². The van der Waals surface area contributed by atoms with Gasteiger partial charge < -0.3 is 13.7 Å². The Hall–Kier alpha value is -8.18. The largest absolute Gasteiger partial charge is 0.309 e. The van der Waals surface area contributed by atoms with Crippen molar-refractivity contribution < 1.29 is 0 Å². The molecule has 10 aromatic carbocycles. The molecule has 13 rings (SSSR count). The Morgan fingerprint density at radius 2 is 0.625 bits per heavy atom. The van der Waals surface area contributed by atoms with Crippen LogP contribution in [0, 0.1) is 0 Å². The van der Waals surface area contributed by atoms with E-state index >= 15 is 0 Å². The van der Waals surface area contributed by atoms with Crippen LogP contribution in [-0.2, 0) is 0 Å². The summed E-state index contributed by atoms with van der Waals surface area (Å²) < 4.78 is 7.39. The molecule has 0 radical (unpaired) electrons. The lowest BCUT2D eigenvalue weighted by atomic mass is 10.1. The number of aromatic nitrogens is 3. The Balaban J connectivity index is 1.000. The molecule has 4 heteroatoms. The van der Waals surface area contributed by atoms with Crippen LogP contribution in [0.5, 0.6) is 0 Å². The molecule has 0 saturated heterocycles. The van der Waals surface area contributed by atoms with Gasteiger partial charge in [0, 0.05) is 38.6 Å². The van der Waals surface area contributed by atoms with Crippen LogP contribution in [-0.4, -0.2) is 21.8 Å². The van der Waals surface area contributed by atoms with Gasteiger partial charge in [0.2, 0.25) is 0 Å². The van der Waals surface area contributed by atoms with E-state index in [1.807, 2.05) is 0 Å². The Labute approximate surface area is 372 Å². The first-order valence-corrected chi connectivity index (χ1v) is 24.1. The average Bonchev–Trinajstić information content (AvgIpc) is 4.02. The average molecular weight is 832 g/mol. The lowest BCUT2D eigenvalue weighted by Crippen LogP contribution is -2.74. The van der Waals surface area contributed by atoms with Crippen molar-refractivity contribution in [2.45, 2.75) is 0 Å². The highest BCUT2D eigenvalue weighted by Gasteiger charge is 2.41. The second-order valence-corrected chi connectivity index (χ2v) is 20.7. The Morgan fingerprint density at radius 3 is 1.20 bits per heavy atom. The molecule has 0 N–H and O–H groups in total. The zero-order valence-corrected chi connectivity index (χ0v) is 36.0. The Bertz CT molecular complexity index is 3660. The van der Waals surface area contributed by atoms with Crippen LogP contribution in [0.4, 0.5) is 0 Å². The van der Waals surface area contributed by atoms with E-state index in [2.05, 4.69) is 262 Å². The number of fused-ring (bicyclic) bond motifs is 3. The molecule has 0 spiro atoms. The van der Waals surface area contributed by atoms with Crippen LogP contribution in [0.1, 0.15) is 0 Å². The fourth-order valence-corrected chi connectivity index (χ4v) is 15.7. The van der Waals surface area contributed by atoms with Gasteiger partial charge in [-0.3, -0.25) is 0 Å². The van der Waals surface area contributed by atoms with Crippen molar-refractivity contribution in [3.8, 4) is 28.2 Å². The zero-order valence-electron chi connectivity index (χ0n) is 35.0. The maximum absolute atomic E-state index is 2.74. The van der Waals surface area contributed by atoms with Gasteiger partial charge in [-0.1, -0.05) is 176 Å². The predicted octanol–water partition coefficient (Wildman–Crippen LogP) is 12.3. The molecule has 64 heavy (non-hydrogen) atoms. The van der Waals surface area contributed by atoms with Gasteiger partial charge in [-0.25, -0.2) is 0 Å². The Kier molecular flexibility index (Phi) is 8.23. The number of benzene rings is 10. The van der Waals surface area contributed by atoms with E-state index in [4.69, 9.17) is 0 Å². The molecule has 3 aromatic heterocycles. The fourth-order valence-electron chi connectivity index (χ4n) is 10.9. The highest BCUT2D eigenvalue weighted by atomic mass is 28.3. The highest BCUT2D eigenvalue weighted by Crippen LogP contribution is 2.43. The first kappa shape index (κ1) is 36.5.